The number of amidine groups is 1. The van der Waals surface area contributed by atoms with Gasteiger partial charge in [0, 0.05) is 21.8 Å². The van der Waals surface area contributed by atoms with Crippen LogP contribution in [0.15, 0.2) is 95.1 Å². The predicted molar refractivity (Wildman–Crippen MR) is 130 cm³/mol. The molecule has 0 saturated carbocycles. The van der Waals surface area contributed by atoms with Gasteiger partial charge in [-0.05, 0) is 37.6 Å². The number of benzene rings is 3. The molecule has 1 aliphatic rings. The smallest absolute Gasteiger partial charge is 0.338 e. The van der Waals surface area contributed by atoms with E-state index in [9.17, 15) is 4.79 Å². The van der Waals surface area contributed by atoms with Gasteiger partial charge < -0.3 is 14.8 Å². The second-order valence-electron chi connectivity index (χ2n) is 7.58. The van der Waals surface area contributed by atoms with Crippen molar-refractivity contribution in [2.24, 2.45) is 4.99 Å². The molecule has 5 nitrogen and oxygen atoms in total. The zero-order valence-corrected chi connectivity index (χ0v) is 19.3. The molecule has 0 fully saturated rings. The lowest BCUT2D eigenvalue weighted by Crippen LogP contribution is -2.33. The molecule has 0 spiro atoms. The third-order valence-corrected chi connectivity index (χ3v) is 5.56. The Hall–Kier alpha value is -3.57. The number of carbonyl (C=O) groups excluding carboxylic acids is 1. The number of allylic oxidation sites excluding steroid dienone is 1. The maximum atomic E-state index is 12.9. The lowest BCUT2D eigenvalue weighted by atomic mass is 9.94. The van der Waals surface area contributed by atoms with Gasteiger partial charge in [0.05, 0.1) is 12.2 Å². The van der Waals surface area contributed by atoms with Crippen molar-refractivity contribution in [3.63, 3.8) is 0 Å². The van der Waals surface area contributed by atoms with Crippen LogP contribution in [-0.4, -0.2) is 18.4 Å². The highest BCUT2D eigenvalue weighted by atomic mass is 35.5. The average molecular weight is 461 g/mol. The van der Waals surface area contributed by atoms with Gasteiger partial charge in [-0.1, -0.05) is 72.3 Å². The first kappa shape index (κ1) is 22.6. The number of aliphatic imine (C=N–C) groups is 1. The Morgan fingerprint density at radius 2 is 1.70 bits per heavy atom. The van der Waals surface area contributed by atoms with E-state index in [1.807, 2.05) is 85.8 Å². The summed E-state index contributed by atoms with van der Waals surface area (Å²) in [5, 5.41) is 3.96. The quantitative estimate of drug-likeness (QED) is 0.449. The normalized spacial score (nSPS) is 15.5. The van der Waals surface area contributed by atoms with Crippen molar-refractivity contribution in [2.45, 2.75) is 26.5 Å². The fraction of sp³-hybridized carbons (Fsp3) is 0.185. The topological polar surface area (TPSA) is 59.9 Å². The van der Waals surface area contributed by atoms with Gasteiger partial charge in [-0.2, -0.15) is 0 Å². The highest BCUT2D eigenvalue weighted by molar-refractivity contribution is 6.30. The summed E-state index contributed by atoms with van der Waals surface area (Å²) in [7, 11) is 0. The maximum absolute atomic E-state index is 12.9. The van der Waals surface area contributed by atoms with Crippen molar-refractivity contribution in [2.75, 3.05) is 6.61 Å². The Balaban J connectivity index is 1.72. The van der Waals surface area contributed by atoms with Crippen LogP contribution in [0.1, 0.15) is 36.6 Å². The van der Waals surface area contributed by atoms with Gasteiger partial charge >= 0.3 is 5.97 Å². The van der Waals surface area contributed by atoms with Crippen LogP contribution in [0.4, 0.5) is 0 Å². The van der Waals surface area contributed by atoms with E-state index in [0.29, 0.717) is 34.5 Å². The van der Waals surface area contributed by atoms with E-state index in [4.69, 9.17) is 26.1 Å². The van der Waals surface area contributed by atoms with Gasteiger partial charge in [-0.3, -0.25) is 4.99 Å². The van der Waals surface area contributed by atoms with Crippen molar-refractivity contribution < 1.29 is 14.3 Å². The van der Waals surface area contributed by atoms with Gasteiger partial charge in [0.25, 0.3) is 0 Å². The fourth-order valence-corrected chi connectivity index (χ4v) is 3.82. The van der Waals surface area contributed by atoms with Gasteiger partial charge in [0.2, 0.25) is 0 Å². The summed E-state index contributed by atoms with van der Waals surface area (Å²) in [6, 6.07) is 24.4. The maximum Gasteiger partial charge on any atom is 0.338 e. The molecule has 1 N–H and O–H groups in total. The number of hydrogen-bond donors (Lipinski definition) is 1. The van der Waals surface area contributed by atoms with E-state index in [-0.39, 0.29) is 6.61 Å². The molecule has 1 heterocycles. The second-order valence-corrected chi connectivity index (χ2v) is 8.02. The molecule has 0 saturated heterocycles. The minimum absolute atomic E-state index is 0.284. The first-order valence-electron chi connectivity index (χ1n) is 10.8. The van der Waals surface area contributed by atoms with Crippen LogP contribution in [0, 0.1) is 0 Å². The number of esters is 1. The lowest BCUT2D eigenvalue weighted by molar-refractivity contribution is -0.138. The number of para-hydroxylation sites is 1. The van der Waals surface area contributed by atoms with Crippen LogP contribution < -0.4 is 10.1 Å². The molecule has 6 heteroatoms. The van der Waals surface area contributed by atoms with Crippen LogP contribution in [0.5, 0.6) is 5.75 Å². The first-order chi connectivity index (χ1) is 16.1. The molecule has 0 amide bonds. The monoisotopic (exact) mass is 460 g/mol. The highest BCUT2D eigenvalue weighted by Gasteiger charge is 2.32. The molecule has 33 heavy (non-hydrogen) atoms. The van der Waals surface area contributed by atoms with E-state index in [2.05, 4.69) is 5.32 Å². The van der Waals surface area contributed by atoms with E-state index >= 15 is 0 Å². The van der Waals surface area contributed by atoms with Crippen LogP contribution in [0.2, 0.25) is 5.02 Å². The van der Waals surface area contributed by atoms with E-state index < -0.39 is 12.0 Å². The SMILES string of the molecule is CCOC(=O)C1=C(C)NC(c2ccccc2)=NC1c1ccccc1OCc1ccc(Cl)cc1. The fourth-order valence-electron chi connectivity index (χ4n) is 3.70. The zero-order chi connectivity index (χ0) is 23.2. The number of carbonyl (C=O) groups is 1. The molecular formula is C27H25ClN2O3. The summed E-state index contributed by atoms with van der Waals surface area (Å²) >= 11 is 5.99. The molecule has 1 atom stereocenters. The van der Waals surface area contributed by atoms with E-state index in [1.165, 1.54) is 0 Å². The molecule has 0 bridgehead atoms. The van der Waals surface area contributed by atoms with Gasteiger partial charge in [0.15, 0.2) is 0 Å². The van der Waals surface area contributed by atoms with Crippen molar-refractivity contribution in [1.82, 2.24) is 5.32 Å². The van der Waals surface area contributed by atoms with Crippen LogP contribution in [0.25, 0.3) is 0 Å². The Bertz CT molecular complexity index is 1190. The molecular weight excluding hydrogens is 436 g/mol. The number of halogens is 1. The van der Waals surface area contributed by atoms with Gasteiger partial charge in [-0.25, -0.2) is 4.79 Å². The van der Waals surface area contributed by atoms with Gasteiger partial charge in [0.1, 0.15) is 24.2 Å². The summed E-state index contributed by atoms with van der Waals surface area (Å²) in [5.41, 5.74) is 3.90. The number of nitrogens with one attached hydrogen (secondary N) is 1. The molecule has 0 aliphatic carbocycles. The number of ether oxygens (including phenoxy) is 2. The Morgan fingerprint density at radius 1 is 1.00 bits per heavy atom. The summed E-state index contributed by atoms with van der Waals surface area (Å²) in [5.74, 6) is 0.958. The zero-order valence-electron chi connectivity index (χ0n) is 18.5. The first-order valence-corrected chi connectivity index (χ1v) is 11.2. The molecule has 1 aliphatic heterocycles. The molecule has 4 rings (SSSR count). The molecule has 3 aromatic rings. The lowest BCUT2D eigenvalue weighted by Gasteiger charge is -2.27. The summed E-state index contributed by atoms with van der Waals surface area (Å²) in [6.07, 6.45) is 0. The molecule has 1 unspecified atom stereocenters. The minimum atomic E-state index is -0.568. The van der Waals surface area contributed by atoms with Crippen molar-refractivity contribution in [3.8, 4) is 5.75 Å². The van der Waals surface area contributed by atoms with E-state index in [1.54, 1.807) is 6.92 Å². The van der Waals surface area contributed by atoms with Crippen LogP contribution in [-0.2, 0) is 16.1 Å². The number of rotatable bonds is 7. The minimum Gasteiger partial charge on any atom is -0.489 e. The van der Waals surface area contributed by atoms with Crippen molar-refractivity contribution in [1.29, 1.82) is 0 Å². The third-order valence-electron chi connectivity index (χ3n) is 5.31. The summed E-state index contributed by atoms with van der Waals surface area (Å²) in [4.78, 5) is 17.8. The standard InChI is InChI=1S/C27H25ClN2O3/c1-3-32-27(31)24-18(2)29-26(20-9-5-4-6-10-20)30-25(24)22-11-7-8-12-23(22)33-17-19-13-15-21(28)16-14-19/h4-16,25H,3,17H2,1-2H3,(H,29,30). The predicted octanol–water partition coefficient (Wildman–Crippen LogP) is 5.85. The Morgan fingerprint density at radius 3 is 2.42 bits per heavy atom. The van der Waals surface area contributed by atoms with Crippen LogP contribution >= 0.6 is 11.6 Å². The van der Waals surface area contributed by atoms with E-state index in [0.717, 1.165) is 16.7 Å². The summed E-state index contributed by atoms with van der Waals surface area (Å²) in [6.45, 7) is 4.31. The second kappa shape index (κ2) is 10.4. The highest BCUT2D eigenvalue weighted by Crippen LogP contribution is 2.37. The summed E-state index contributed by atoms with van der Waals surface area (Å²) < 4.78 is 11.5. The Kier molecular flexibility index (Phi) is 7.10. The molecule has 168 valence electrons. The van der Waals surface area contributed by atoms with Crippen molar-refractivity contribution in [3.05, 3.63) is 112 Å². The molecule has 3 aromatic carbocycles. The average Bonchev–Trinajstić information content (AvgIpc) is 2.84. The van der Waals surface area contributed by atoms with Crippen LogP contribution in [0.3, 0.4) is 0 Å². The number of nitrogens with zero attached hydrogens (tertiary/aromatic N) is 1. The molecule has 0 radical (unpaired) electrons. The molecule has 0 aromatic heterocycles. The van der Waals surface area contributed by atoms with Gasteiger partial charge in [-0.15, -0.1) is 0 Å². The largest absolute Gasteiger partial charge is 0.489 e. The third kappa shape index (κ3) is 5.26. The number of hydrogen-bond acceptors (Lipinski definition) is 5. The Labute approximate surface area is 198 Å². The van der Waals surface area contributed by atoms with Crippen molar-refractivity contribution >= 4 is 23.4 Å².